The molecule has 3 aromatic heterocycles. The van der Waals surface area contributed by atoms with E-state index in [0.717, 1.165) is 38.2 Å². The van der Waals surface area contributed by atoms with Gasteiger partial charge in [0.05, 0.1) is 6.26 Å². The number of alkyl halides is 3. The SMILES string of the molecule is C[C@H]1CCN(C(=O)c2cc3nc(-c4ccco4)cc(C(F)(F)F)n3n2)[C@H]2CCCC[C@H]12. The first-order valence-electron chi connectivity index (χ1n) is 10.7. The summed E-state index contributed by atoms with van der Waals surface area (Å²) in [5.74, 6) is 0.891. The van der Waals surface area contributed by atoms with Gasteiger partial charge in [-0.15, -0.1) is 0 Å². The van der Waals surface area contributed by atoms with Gasteiger partial charge in [-0.05, 0) is 49.3 Å². The summed E-state index contributed by atoms with van der Waals surface area (Å²) in [6, 6.07) is 5.49. The minimum Gasteiger partial charge on any atom is -0.463 e. The van der Waals surface area contributed by atoms with E-state index in [2.05, 4.69) is 17.0 Å². The Balaban J connectivity index is 1.55. The number of furan rings is 1. The van der Waals surface area contributed by atoms with E-state index in [9.17, 15) is 18.0 Å². The van der Waals surface area contributed by atoms with Crippen molar-refractivity contribution in [2.75, 3.05) is 6.54 Å². The highest BCUT2D eigenvalue weighted by molar-refractivity contribution is 5.93. The Morgan fingerprint density at radius 3 is 2.74 bits per heavy atom. The predicted molar refractivity (Wildman–Crippen MR) is 106 cm³/mol. The van der Waals surface area contributed by atoms with Gasteiger partial charge in [-0.1, -0.05) is 19.8 Å². The van der Waals surface area contributed by atoms with E-state index in [1.807, 2.05) is 4.90 Å². The van der Waals surface area contributed by atoms with Crippen LogP contribution in [0.2, 0.25) is 0 Å². The van der Waals surface area contributed by atoms with Crippen molar-refractivity contribution in [3.8, 4) is 11.5 Å². The molecule has 31 heavy (non-hydrogen) atoms. The summed E-state index contributed by atoms with van der Waals surface area (Å²) >= 11 is 0. The van der Waals surface area contributed by atoms with Crippen LogP contribution in [0.25, 0.3) is 17.1 Å². The molecule has 3 aromatic rings. The molecule has 0 bridgehead atoms. The van der Waals surface area contributed by atoms with Crippen LogP contribution in [0.15, 0.2) is 34.9 Å². The monoisotopic (exact) mass is 432 g/mol. The Kier molecular flexibility index (Phi) is 4.79. The molecule has 1 aliphatic carbocycles. The molecule has 0 N–H and O–H groups in total. The van der Waals surface area contributed by atoms with Gasteiger partial charge in [0.25, 0.3) is 5.91 Å². The number of nitrogens with zero attached hydrogens (tertiary/aromatic N) is 4. The first-order chi connectivity index (χ1) is 14.8. The summed E-state index contributed by atoms with van der Waals surface area (Å²) in [4.78, 5) is 19.4. The fourth-order valence-electron chi connectivity index (χ4n) is 5.14. The highest BCUT2D eigenvalue weighted by Crippen LogP contribution is 2.39. The molecule has 164 valence electrons. The minimum atomic E-state index is -4.66. The zero-order valence-electron chi connectivity index (χ0n) is 17.1. The summed E-state index contributed by atoms with van der Waals surface area (Å²) in [5.41, 5.74) is -0.989. The zero-order chi connectivity index (χ0) is 21.8. The van der Waals surface area contributed by atoms with Gasteiger partial charge >= 0.3 is 6.18 Å². The summed E-state index contributed by atoms with van der Waals surface area (Å²) in [6.45, 7) is 2.83. The lowest BCUT2D eigenvalue weighted by molar-refractivity contribution is -0.142. The molecule has 6 nitrogen and oxygen atoms in total. The first kappa shape index (κ1) is 20.1. The van der Waals surface area contributed by atoms with E-state index in [1.165, 1.54) is 12.3 Å². The topological polar surface area (TPSA) is 63.6 Å². The second-order valence-corrected chi connectivity index (χ2v) is 8.58. The molecule has 5 rings (SSSR count). The molecular weight excluding hydrogens is 409 g/mol. The van der Waals surface area contributed by atoms with Crippen LogP contribution in [0.3, 0.4) is 0 Å². The van der Waals surface area contributed by atoms with Crippen molar-refractivity contribution >= 4 is 11.6 Å². The van der Waals surface area contributed by atoms with Crippen LogP contribution in [0, 0.1) is 11.8 Å². The molecule has 3 atom stereocenters. The van der Waals surface area contributed by atoms with E-state index < -0.39 is 11.9 Å². The Morgan fingerprint density at radius 1 is 1.19 bits per heavy atom. The number of hydrogen-bond acceptors (Lipinski definition) is 4. The maximum Gasteiger partial charge on any atom is 0.433 e. The Bertz CT molecular complexity index is 1110. The number of hydrogen-bond donors (Lipinski definition) is 0. The van der Waals surface area contributed by atoms with Gasteiger partial charge in [0.1, 0.15) is 5.69 Å². The molecule has 0 spiro atoms. The molecule has 0 unspecified atom stereocenters. The highest BCUT2D eigenvalue weighted by Gasteiger charge is 2.41. The van der Waals surface area contributed by atoms with Crippen molar-refractivity contribution in [2.45, 2.75) is 51.2 Å². The van der Waals surface area contributed by atoms with Crippen molar-refractivity contribution < 1.29 is 22.4 Å². The molecule has 4 heterocycles. The van der Waals surface area contributed by atoms with Crippen LogP contribution in [-0.4, -0.2) is 38.0 Å². The standard InChI is InChI=1S/C22H23F3N4O2/c1-13-8-9-28(17-6-3-2-5-14(13)17)21(30)16-12-20-26-15(18-7-4-10-31-18)11-19(22(23,24)25)29(20)27-16/h4,7,10-14,17H,2-3,5-6,8-9H2,1H3/t13-,14+,17-/m0/s1. The highest BCUT2D eigenvalue weighted by atomic mass is 19.4. The number of carbonyl (C=O) groups is 1. The van der Waals surface area contributed by atoms with Crippen LogP contribution in [0.5, 0.6) is 0 Å². The molecule has 1 saturated carbocycles. The van der Waals surface area contributed by atoms with Crippen molar-refractivity contribution in [2.24, 2.45) is 11.8 Å². The van der Waals surface area contributed by atoms with Gasteiger partial charge < -0.3 is 9.32 Å². The summed E-state index contributed by atoms with van der Waals surface area (Å²) < 4.78 is 47.2. The number of amides is 1. The second kappa shape index (κ2) is 7.39. The molecule has 0 radical (unpaired) electrons. The lowest BCUT2D eigenvalue weighted by Crippen LogP contribution is -2.52. The van der Waals surface area contributed by atoms with Crippen LogP contribution < -0.4 is 0 Å². The van der Waals surface area contributed by atoms with Gasteiger partial charge in [0.15, 0.2) is 22.8 Å². The van der Waals surface area contributed by atoms with E-state index in [0.29, 0.717) is 22.9 Å². The van der Waals surface area contributed by atoms with Crippen LogP contribution in [-0.2, 0) is 6.18 Å². The third-order valence-corrected chi connectivity index (χ3v) is 6.71. The number of aromatic nitrogens is 3. The maximum atomic E-state index is 13.8. The smallest absolute Gasteiger partial charge is 0.433 e. The summed E-state index contributed by atoms with van der Waals surface area (Å²) in [5, 5.41) is 4.05. The number of carbonyl (C=O) groups excluding carboxylic acids is 1. The minimum absolute atomic E-state index is 0.00604. The Morgan fingerprint density at radius 2 is 2.00 bits per heavy atom. The zero-order valence-corrected chi connectivity index (χ0v) is 17.1. The number of fused-ring (bicyclic) bond motifs is 2. The number of piperidine rings is 1. The summed E-state index contributed by atoms with van der Waals surface area (Å²) in [7, 11) is 0. The predicted octanol–water partition coefficient (Wildman–Crippen LogP) is 5.05. The number of halogens is 3. The maximum absolute atomic E-state index is 13.8. The molecule has 2 aliphatic rings. The molecule has 9 heteroatoms. The third kappa shape index (κ3) is 3.49. The third-order valence-electron chi connectivity index (χ3n) is 6.71. The molecule has 0 aromatic carbocycles. The van der Waals surface area contributed by atoms with Gasteiger partial charge in [-0.25, -0.2) is 9.50 Å². The van der Waals surface area contributed by atoms with Crippen molar-refractivity contribution in [1.29, 1.82) is 0 Å². The fourth-order valence-corrected chi connectivity index (χ4v) is 5.14. The lowest BCUT2D eigenvalue weighted by Gasteiger charge is -2.47. The number of rotatable bonds is 2. The van der Waals surface area contributed by atoms with Gasteiger partial charge in [0.2, 0.25) is 0 Å². The molecule has 1 aliphatic heterocycles. The average molecular weight is 432 g/mol. The normalized spacial score (nSPS) is 24.4. The quantitative estimate of drug-likeness (QED) is 0.569. The lowest BCUT2D eigenvalue weighted by atomic mass is 9.72. The van der Waals surface area contributed by atoms with E-state index >= 15 is 0 Å². The molecule has 1 saturated heterocycles. The Labute approximate surface area is 177 Å². The summed E-state index contributed by atoms with van der Waals surface area (Å²) in [6.07, 6.45) is 1.86. The molecule has 1 amide bonds. The van der Waals surface area contributed by atoms with Crippen molar-refractivity contribution in [3.63, 3.8) is 0 Å². The molecule has 2 fully saturated rings. The van der Waals surface area contributed by atoms with Gasteiger partial charge in [-0.3, -0.25) is 4.79 Å². The second-order valence-electron chi connectivity index (χ2n) is 8.58. The Hall–Kier alpha value is -2.84. The van der Waals surface area contributed by atoms with Gasteiger partial charge in [0, 0.05) is 18.7 Å². The van der Waals surface area contributed by atoms with Crippen LogP contribution >= 0.6 is 0 Å². The molecular formula is C22H23F3N4O2. The average Bonchev–Trinajstić information content (AvgIpc) is 3.42. The van der Waals surface area contributed by atoms with Crippen molar-refractivity contribution in [3.05, 3.63) is 41.9 Å². The van der Waals surface area contributed by atoms with Gasteiger partial charge in [-0.2, -0.15) is 18.3 Å². The number of likely N-dealkylation sites (tertiary alicyclic amines) is 1. The van der Waals surface area contributed by atoms with E-state index in [1.54, 1.807) is 12.1 Å². The van der Waals surface area contributed by atoms with Crippen molar-refractivity contribution in [1.82, 2.24) is 19.5 Å². The van der Waals surface area contributed by atoms with E-state index in [-0.39, 0.29) is 34.7 Å². The first-order valence-corrected chi connectivity index (χ1v) is 10.7. The van der Waals surface area contributed by atoms with E-state index in [4.69, 9.17) is 4.42 Å². The van der Waals surface area contributed by atoms with Crippen LogP contribution in [0.1, 0.15) is 55.2 Å². The van der Waals surface area contributed by atoms with Crippen LogP contribution in [0.4, 0.5) is 13.2 Å². The largest absolute Gasteiger partial charge is 0.463 e. The fraction of sp³-hybridized carbons (Fsp3) is 0.500.